The van der Waals surface area contributed by atoms with Crippen molar-refractivity contribution in [1.82, 2.24) is 15.4 Å². The Bertz CT molecular complexity index is 684. The molecule has 1 aromatic carbocycles. The highest BCUT2D eigenvalue weighted by Gasteiger charge is 2.22. The van der Waals surface area contributed by atoms with Crippen molar-refractivity contribution in [1.29, 1.82) is 0 Å². The Morgan fingerprint density at radius 3 is 2.54 bits per heavy atom. The number of likely N-dealkylation sites (tertiary alicyclic amines) is 1. The lowest BCUT2D eigenvalue weighted by atomic mass is 10.0. The fourth-order valence-corrected chi connectivity index (χ4v) is 3.06. The standard InChI is InChI=1S/C18H22FN3O2/c1-12-17(13(2)24-21-12)11-22-9-7-16(8-10-22)20-18(23)14-3-5-15(19)6-4-14/h3-6,16H,7-11H2,1-2H3,(H,20,23). The number of piperidine rings is 1. The minimum Gasteiger partial charge on any atom is -0.361 e. The number of aryl methyl sites for hydroxylation is 2. The topological polar surface area (TPSA) is 58.4 Å². The van der Waals surface area contributed by atoms with Gasteiger partial charge in [0, 0.05) is 36.8 Å². The molecule has 0 unspecified atom stereocenters. The Hall–Kier alpha value is -2.21. The lowest BCUT2D eigenvalue weighted by Crippen LogP contribution is -2.44. The van der Waals surface area contributed by atoms with Gasteiger partial charge in [-0.1, -0.05) is 5.16 Å². The summed E-state index contributed by atoms with van der Waals surface area (Å²) in [7, 11) is 0. The van der Waals surface area contributed by atoms with E-state index in [2.05, 4.69) is 15.4 Å². The van der Waals surface area contributed by atoms with Crippen LogP contribution in [0.5, 0.6) is 0 Å². The van der Waals surface area contributed by atoms with E-state index in [1.165, 1.54) is 24.3 Å². The summed E-state index contributed by atoms with van der Waals surface area (Å²) >= 11 is 0. The second-order valence-corrected chi connectivity index (χ2v) is 6.33. The number of rotatable bonds is 4. The smallest absolute Gasteiger partial charge is 0.251 e. The molecule has 2 aromatic rings. The van der Waals surface area contributed by atoms with Gasteiger partial charge in [-0.3, -0.25) is 9.69 Å². The summed E-state index contributed by atoms with van der Waals surface area (Å²) in [4.78, 5) is 14.5. The van der Waals surface area contributed by atoms with Crippen molar-refractivity contribution in [2.24, 2.45) is 0 Å². The summed E-state index contributed by atoms with van der Waals surface area (Å²) in [6.45, 7) is 6.56. The van der Waals surface area contributed by atoms with Gasteiger partial charge >= 0.3 is 0 Å². The average molecular weight is 331 g/mol. The number of amides is 1. The molecule has 24 heavy (non-hydrogen) atoms. The molecule has 1 aromatic heterocycles. The van der Waals surface area contributed by atoms with E-state index in [0.29, 0.717) is 5.56 Å². The lowest BCUT2D eigenvalue weighted by molar-refractivity contribution is 0.0909. The molecule has 0 saturated carbocycles. The number of hydrogen-bond acceptors (Lipinski definition) is 4. The summed E-state index contributed by atoms with van der Waals surface area (Å²) in [6, 6.07) is 5.79. The van der Waals surface area contributed by atoms with Gasteiger partial charge in [0.2, 0.25) is 0 Å². The Morgan fingerprint density at radius 2 is 1.96 bits per heavy atom. The monoisotopic (exact) mass is 331 g/mol. The molecule has 128 valence electrons. The third kappa shape index (κ3) is 3.82. The number of carbonyl (C=O) groups is 1. The predicted molar refractivity (Wildman–Crippen MR) is 88.1 cm³/mol. The third-order valence-corrected chi connectivity index (χ3v) is 4.59. The van der Waals surface area contributed by atoms with Crippen molar-refractivity contribution in [3.05, 3.63) is 52.7 Å². The second-order valence-electron chi connectivity index (χ2n) is 6.33. The maximum absolute atomic E-state index is 12.9. The van der Waals surface area contributed by atoms with E-state index in [1.807, 2.05) is 13.8 Å². The van der Waals surface area contributed by atoms with Gasteiger partial charge < -0.3 is 9.84 Å². The number of benzene rings is 1. The molecule has 0 aliphatic carbocycles. The summed E-state index contributed by atoms with van der Waals surface area (Å²) in [6.07, 6.45) is 1.80. The summed E-state index contributed by atoms with van der Waals surface area (Å²) in [5.74, 6) is 0.401. The van der Waals surface area contributed by atoms with Crippen LogP contribution in [0.2, 0.25) is 0 Å². The van der Waals surface area contributed by atoms with E-state index >= 15 is 0 Å². The zero-order chi connectivity index (χ0) is 17.1. The molecule has 1 aliphatic rings. The molecule has 0 bridgehead atoms. The fourth-order valence-electron chi connectivity index (χ4n) is 3.06. The molecule has 2 heterocycles. The van der Waals surface area contributed by atoms with Gasteiger partial charge in [0.15, 0.2) is 0 Å². The van der Waals surface area contributed by atoms with E-state index in [-0.39, 0.29) is 17.8 Å². The Balaban J connectivity index is 1.50. The van der Waals surface area contributed by atoms with Crippen LogP contribution in [-0.2, 0) is 6.54 Å². The zero-order valence-corrected chi connectivity index (χ0v) is 14.0. The van der Waals surface area contributed by atoms with Gasteiger partial charge in [-0.15, -0.1) is 0 Å². The van der Waals surface area contributed by atoms with Crippen LogP contribution in [-0.4, -0.2) is 35.1 Å². The number of halogens is 1. The first-order valence-electron chi connectivity index (χ1n) is 8.23. The molecule has 1 N–H and O–H groups in total. The third-order valence-electron chi connectivity index (χ3n) is 4.59. The van der Waals surface area contributed by atoms with Gasteiger partial charge in [-0.25, -0.2) is 4.39 Å². The van der Waals surface area contributed by atoms with Crippen LogP contribution in [0.25, 0.3) is 0 Å². The number of carbonyl (C=O) groups excluding carboxylic acids is 1. The molecular formula is C18H22FN3O2. The Labute approximate surface area is 140 Å². The summed E-state index contributed by atoms with van der Waals surface area (Å²) in [5, 5.41) is 7.03. The van der Waals surface area contributed by atoms with Crippen LogP contribution >= 0.6 is 0 Å². The SMILES string of the molecule is Cc1noc(C)c1CN1CCC(NC(=O)c2ccc(F)cc2)CC1. The molecule has 0 atom stereocenters. The molecule has 1 amide bonds. The maximum atomic E-state index is 12.9. The van der Waals surface area contributed by atoms with Crippen LogP contribution in [0, 0.1) is 19.7 Å². The van der Waals surface area contributed by atoms with E-state index in [0.717, 1.165) is 49.5 Å². The van der Waals surface area contributed by atoms with Gasteiger partial charge in [-0.2, -0.15) is 0 Å². The van der Waals surface area contributed by atoms with Crippen molar-refractivity contribution in [3.8, 4) is 0 Å². The number of nitrogens with one attached hydrogen (secondary N) is 1. The van der Waals surface area contributed by atoms with Crippen molar-refractivity contribution in [2.45, 2.75) is 39.3 Å². The lowest BCUT2D eigenvalue weighted by Gasteiger charge is -2.32. The highest BCUT2D eigenvalue weighted by molar-refractivity contribution is 5.94. The minimum atomic E-state index is -0.334. The molecule has 1 saturated heterocycles. The number of hydrogen-bond donors (Lipinski definition) is 1. The fraction of sp³-hybridized carbons (Fsp3) is 0.444. The molecule has 0 spiro atoms. The first-order chi connectivity index (χ1) is 11.5. The van der Waals surface area contributed by atoms with Crippen LogP contribution in [0.4, 0.5) is 4.39 Å². The normalized spacial score (nSPS) is 16.3. The van der Waals surface area contributed by atoms with E-state index in [4.69, 9.17) is 4.52 Å². The van der Waals surface area contributed by atoms with Gasteiger partial charge in [0.05, 0.1) is 5.69 Å². The second kappa shape index (κ2) is 7.13. The van der Waals surface area contributed by atoms with Crippen molar-refractivity contribution < 1.29 is 13.7 Å². The molecule has 0 radical (unpaired) electrons. The first-order valence-corrected chi connectivity index (χ1v) is 8.23. The Kier molecular flexibility index (Phi) is 4.94. The molecule has 5 nitrogen and oxygen atoms in total. The summed E-state index contributed by atoms with van der Waals surface area (Å²) in [5.41, 5.74) is 2.59. The molecular weight excluding hydrogens is 309 g/mol. The van der Waals surface area contributed by atoms with E-state index < -0.39 is 0 Å². The Morgan fingerprint density at radius 1 is 1.29 bits per heavy atom. The molecule has 3 rings (SSSR count). The minimum absolute atomic E-state index is 0.140. The van der Waals surface area contributed by atoms with Crippen molar-refractivity contribution in [3.63, 3.8) is 0 Å². The van der Waals surface area contributed by atoms with Crippen LogP contribution < -0.4 is 5.32 Å². The highest BCUT2D eigenvalue weighted by Crippen LogP contribution is 2.19. The molecule has 6 heteroatoms. The van der Waals surface area contributed by atoms with E-state index in [9.17, 15) is 9.18 Å². The number of nitrogens with zero attached hydrogens (tertiary/aromatic N) is 2. The molecule has 1 aliphatic heterocycles. The summed E-state index contributed by atoms with van der Waals surface area (Å²) < 4.78 is 18.1. The average Bonchev–Trinajstić information content (AvgIpc) is 2.89. The van der Waals surface area contributed by atoms with Crippen LogP contribution in [0.3, 0.4) is 0 Å². The highest BCUT2D eigenvalue weighted by atomic mass is 19.1. The number of aromatic nitrogens is 1. The zero-order valence-electron chi connectivity index (χ0n) is 14.0. The van der Waals surface area contributed by atoms with Gasteiger partial charge in [0.25, 0.3) is 5.91 Å². The predicted octanol–water partition coefficient (Wildman–Crippen LogP) is 2.82. The van der Waals surface area contributed by atoms with Gasteiger partial charge in [-0.05, 0) is 51.0 Å². The largest absolute Gasteiger partial charge is 0.361 e. The molecule has 1 fully saturated rings. The van der Waals surface area contributed by atoms with Gasteiger partial charge in [0.1, 0.15) is 11.6 Å². The van der Waals surface area contributed by atoms with Crippen LogP contribution in [0.15, 0.2) is 28.8 Å². The maximum Gasteiger partial charge on any atom is 0.251 e. The quantitative estimate of drug-likeness (QED) is 0.936. The van der Waals surface area contributed by atoms with Crippen molar-refractivity contribution in [2.75, 3.05) is 13.1 Å². The first kappa shape index (κ1) is 16.6. The van der Waals surface area contributed by atoms with Crippen molar-refractivity contribution >= 4 is 5.91 Å². The van der Waals surface area contributed by atoms with E-state index in [1.54, 1.807) is 0 Å². The van der Waals surface area contributed by atoms with Crippen LogP contribution in [0.1, 0.15) is 40.2 Å².